The van der Waals surface area contributed by atoms with Gasteiger partial charge in [0.2, 0.25) is 11.9 Å². The number of nitrogens with two attached hydrogens (primary N) is 1. The van der Waals surface area contributed by atoms with E-state index in [1.807, 2.05) is 12.3 Å². The van der Waals surface area contributed by atoms with Crippen LogP contribution in [0.15, 0.2) is 24.4 Å². The average molecular weight is 375 g/mol. The van der Waals surface area contributed by atoms with Crippen LogP contribution in [0.4, 0.5) is 23.3 Å². The van der Waals surface area contributed by atoms with Gasteiger partial charge in [-0.3, -0.25) is 5.32 Å². The second-order valence-electron chi connectivity index (χ2n) is 7.70. The monoisotopic (exact) mass is 375 g/mol. The van der Waals surface area contributed by atoms with E-state index >= 15 is 0 Å². The van der Waals surface area contributed by atoms with Crippen LogP contribution in [-0.2, 0) is 6.54 Å². The molecule has 6 rings (SSSR count). The lowest BCUT2D eigenvalue weighted by Gasteiger charge is -2.19. The van der Waals surface area contributed by atoms with Crippen molar-refractivity contribution in [1.82, 2.24) is 30.0 Å². The van der Waals surface area contributed by atoms with Crippen molar-refractivity contribution in [2.24, 2.45) is 0 Å². The third-order valence-electron chi connectivity index (χ3n) is 6.00. The Morgan fingerprint density at radius 3 is 3.07 bits per heavy atom. The Hall–Kier alpha value is -3.20. The fraction of sp³-hybridized carbons (Fsp3) is 0.368. The first-order valence-corrected chi connectivity index (χ1v) is 9.69. The number of benzene rings is 1. The molecule has 1 aliphatic heterocycles. The first-order valence-electron chi connectivity index (χ1n) is 9.69. The number of nitrogens with zero attached hydrogens (tertiary/aromatic N) is 5. The largest absolute Gasteiger partial charge is 0.372 e. The molecule has 0 spiro atoms. The van der Waals surface area contributed by atoms with Gasteiger partial charge in [0.25, 0.3) is 5.95 Å². The highest BCUT2D eigenvalue weighted by Gasteiger charge is 2.38. The van der Waals surface area contributed by atoms with Gasteiger partial charge in [-0.25, -0.2) is 9.97 Å². The van der Waals surface area contributed by atoms with E-state index in [0.29, 0.717) is 23.7 Å². The average Bonchev–Trinajstić information content (AvgIpc) is 3.43. The van der Waals surface area contributed by atoms with E-state index in [1.54, 1.807) is 0 Å². The summed E-state index contributed by atoms with van der Waals surface area (Å²) in [7, 11) is 0. The van der Waals surface area contributed by atoms with E-state index in [0.717, 1.165) is 24.6 Å². The van der Waals surface area contributed by atoms with Gasteiger partial charge in [0.1, 0.15) is 0 Å². The summed E-state index contributed by atoms with van der Waals surface area (Å²) in [5.74, 6) is 2.38. The highest BCUT2D eigenvalue weighted by Crippen LogP contribution is 2.51. The number of hydrogen-bond acceptors (Lipinski definition) is 8. The summed E-state index contributed by atoms with van der Waals surface area (Å²) in [6, 6.07) is 6.13. The molecule has 2 bridgehead atoms. The Labute approximate surface area is 161 Å². The van der Waals surface area contributed by atoms with Gasteiger partial charge >= 0.3 is 0 Å². The molecule has 0 saturated heterocycles. The zero-order valence-electron chi connectivity index (χ0n) is 15.3. The molecule has 2 atom stereocenters. The van der Waals surface area contributed by atoms with Crippen molar-refractivity contribution in [3.8, 4) is 5.95 Å². The van der Waals surface area contributed by atoms with Crippen LogP contribution in [0, 0.1) is 0 Å². The molecule has 3 aromatic rings. The number of fused-ring (bicyclic) bond motifs is 6. The van der Waals surface area contributed by atoms with Crippen LogP contribution in [-0.4, -0.2) is 31.4 Å². The van der Waals surface area contributed by atoms with E-state index in [2.05, 4.69) is 43.1 Å². The quantitative estimate of drug-likeness (QED) is 0.550. The maximum atomic E-state index is 6.11. The van der Waals surface area contributed by atoms with Crippen LogP contribution >= 0.6 is 0 Å². The number of aromatic nitrogens is 5. The fourth-order valence-electron chi connectivity index (χ4n) is 4.65. The molecule has 3 heterocycles. The van der Waals surface area contributed by atoms with E-state index in [1.165, 1.54) is 40.8 Å². The van der Waals surface area contributed by atoms with Crippen LogP contribution in [0.5, 0.6) is 0 Å². The van der Waals surface area contributed by atoms with Gasteiger partial charge in [0.15, 0.2) is 0 Å². The minimum atomic E-state index is 0.270. The Morgan fingerprint density at radius 1 is 1.18 bits per heavy atom. The van der Waals surface area contributed by atoms with E-state index < -0.39 is 0 Å². The second-order valence-corrected chi connectivity index (χ2v) is 7.70. The molecular weight excluding hydrogens is 354 g/mol. The van der Waals surface area contributed by atoms with Crippen molar-refractivity contribution >= 4 is 23.3 Å². The Morgan fingerprint density at radius 2 is 2.11 bits per heavy atom. The van der Waals surface area contributed by atoms with E-state index in [9.17, 15) is 0 Å². The first kappa shape index (κ1) is 15.8. The summed E-state index contributed by atoms with van der Waals surface area (Å²) in [4.78, 5) is 13.6. The lowest BCUT2D eigenvalue weighted by atomic mass is 9.98. The van der Waals surface area contributed by atoms with Crippen molar-refractivity contribution in [1.29, 1.82) is 0 Å². The van der Waals surface area contributed by atoms with Crippen LogP contribution in [0.3, 0.4) is 0 Å². The predicted molar refractivity (Wildman–Crippen MR) is 106 cm³/mol. The normalized spacial score (nSPS) is 21.9. The van der Waals surface area contributed by atoms with Gasteiger partial charge in [-0.2, -0.15) is 9.67 Å². The molecule has 1 fully saturated rings. The summed E-state index contributed by atoms with van der Waals surface area (Å²) >= 11 is 0. The zero-order valence-corrected chi connectivity index (χ0v) is 15.3. The van der Waals surface area contributed by atoms with Gasteiger partial charge in [0.05, 0.1) is 12.4 Å². The number of anilines is 4. The van der Waals surface area contributed by atoms with Crippen LogP contribution in [0.1, 0.15) is 47.9 Å². The fourth-order valence-corrected chi connectivity index (χ4v) is 4.65. The third kappa shape index (κ3) is 2.43. The van der Waals surface area contributed by atoms with Crippen molar-refractivity contribution in [2.45, 2.75) is 37.6 Å². The predicted octanol–water partition coefficient (Wildman–Crippen LogP) is 2.22. The zero-order chi connectivity index (χ0) is 18.7. The minimum absolute atomic E-state index is 0.270. The highest BCUT2D eigenvalue weighted by molar-refractivity contribution is 5.64. The van der Waals surface area contributed by atoms with Gasteiger partial charge in [-0.05, 0) is 54.5 Å². The molecule has 142 valence electrons. The molecule has 9 nitrogen and oxygen atoms in total. The molecule has 1 aromatic carbocycles. The van der Waals surface area contributed by atoms with Gasteiger partial charge in [-0.1, -0.05) is 0 Å². The molecule has 5 N–H and O–H groups in total. The lowest BCUT2D eigenvalue weighted by Crippen LogP contribution is -2.27. The number of nitrogens with one attached hydrogen (secondary N) is 3. The second kappa shape index (κ2) is 5.90. The SMILES string of the molecule is Nc1nc(Nc2ccc3c(c2)CNCN3)nn1-c1ncc2c(n1)C1CCC2C1. The smallest absolute Gasteiger partial charge is 0.254 e. The Bertz CT molecular complexity index is 1070. The summed E-state index contributed by atoms with van der Waals surface area (Å²) in [6.45, 7) is 1.61. The van der Waals surface area contributed by atoms with Crippen molar-refractivity contribution in [3.63, 3.8) is 0 Å². The number of nitrogen functional groups attached to an aromatic ring is 1. The van der Waals surface area contributed by atoms with Crippen LogP contribution in [0.25, 0.3) is 5.95 Å². The summed E-state index contributed by atoms with van der Waals surface area (Å²) in [5.41, 5.74) is 11.8. The molecule has 0 radical (unpaired) electrons. The van der Waals surface area contributed by atoms with Gasteiger partial charge in [0, 0.05) is 30.0 Å². The molecule has 28 heavy (non-hydrogen) atoms. The third-order valence-corrected chi connectivity index (χ3v) is 6.00. The van der Waals surface area contributed by atoms with Crippen molar-refractivity contribution in [3.05, 3.63) is 41.2 Å². The van der Waals surface area contributed by atoms with E-state index in [-0.39, 0.29) is 5.95 Å². The van der Waals surface area contributed by atoms with Gasteiger partial charge in [-0.15, -0.1) is 5.10 Å². The lowest BCUT2D eigenvalue weighted by molar-refractivity contribution is 0.678. The first-order chi connectivity index (χ1) is 13.7. The van der Waals surface area contributed by atoms with Crippen LogP contribution in [0.2, 0.25) is 0 Å². The number of hydrogen-bond donors (Lipinski definition) is 4. The topological polar surface area (TPSA) is 119 Å². The summed E-state index contributed by atoms with van der Waals surface area (Å²) < 4.78 is 1.51. The highest BCUT2D eigenvalue weighted by atomic mass is 15.5. The number of rotatable bonds is 3. The molecule has 1 saturated carbocycles. The van der Waals surface area contributed by atoms with Crippen LogP contribution < -0.4 is 21.7 Å². The molecular formula is C19H21N9. The van der Waals surface area contributed by atoms with Crippen molar-refractivity contribution < 1.29 is 0 Å². The van der Waals surface area contributed by atoms with Crippen molar-refractivity contribution in [2.75, 3.05) is 23.0 Å². The maximum absolute atomic E-state index is 6.11. The molecule has 2 aliphatic carbocycles. The molecule has 3 aliphatic rings. The summed E-state index contributed by atoms with van der Waals surface area (Å²) in [6.07, 6.45) is 5.62. The van der Waals surface area contributed by atoms with E-state index in [4.69, 9.17) is 10.7 Å². The minimum Gasteiger partial charge on any atom is -0.372 e. The standard InChI is InChI=1S/C19H21N9/c20-17-26-18(24-13-3-4-15-12(6-13)7-21-9-23-15)27-28(17)19-22-8-14-10-1-2-11(5-10)16(14)25-19/h3-4,6,8,10-11,21,23H,1-2,5,7,9H2,(H3,20,24,26,27). The molecule has 2 unspecified atom stereocenters. The Balaban J connectivity index is 1.29. The Kier molecular flexibility index (Phi) is 3.33. The molecule has 0 amide bonds. The van der Waals surface area contributed by atoms with Gasteiger partial charge < -0.3 is 16.4 Å². The molecule has 9 heteroatoms. The molecule has 2 aromatic heterocycles. The summed E-state index contributed by atoms with van der Waals surface area (Å²) in [5, 5.41) is 14.3. The maximum Gasteiger partial charge on any atom is 0.254 e.